The predicted octanol–water partition coefficient (Wildman–Crippen LogP) is 4.41. The van der Waals surface area contributed by atoms with E-state index in [1.54, 1.807) is 12.1 Å². The summed E-state index contributed by atoms with van der Waals surface area (Å²) < 4.78 is 13.2. The molecule has 1 aromatic carbocycles. The molecule has 1 aromatic rings. The predicted molar refractivity (Wildman–Crippen MR) is 100 cm³/mol. The lowest BCUT2D eigenvalue weighted by Crippen LogP contribution is -2.40. The molecule has 0 aliphatic heterocycles. The molecule has 2 aliphatic carbocycles. The number of halogens is 1. The lowest BCUT2D eigenvalue weighted by Gasteiger charge is -2.28. The van der Waals surface area contributed by atoms with Gasteiger partial charge in [0.1, 0.15) is 5.82 Å². The summed E-state index contributed by atoms with van der Waals surface area (Å²) in [4.78, 5) is 24.9. The van der Waals surface area contributed by atoms with E-state index in [-0.39, 0.29) is 29.5 Å². The van der Waals surface area contributed by atoms with Gasteiger partial charge in [0.15, 0.2) is 0 Å². The molecule has 3 rings (SSSR count). The standard InChI is InChI=1S/C21H29FN2O2/c22-17-6-5-9-19(14-17)24-21(26)16-12-10-15(11-13-16)20(25)23-18-7-3-1-2-4-8-18/h5-6,9,14-16,18H,1-4,7-8,10-13H2,(H,23,25)(H,24,26). The summed E-state index contributed by atoms with van der Waals surface area (Å²) in [7, 11) is 0. The third kappa shape index (κ3) is 5.29. The zero-order valence-corrected chi connectivity index (χ0v) is 15.3. The lowest BCUT2D eigenvalue weighted by atomic mass is 9.81. The number of anilines is 1. The minimum absolute atomic E-state index is 0.0245. The number of carbonyl (C=O) groups excluding carboxylic acids is 2. The third-order valence-electron chi connectivity index (χ3n) is 5.76. The molecular weight excluding hydrogens is 331 g/mol. The molecule has 0 heterocycles. The Bertz CT molecular complexity index is 618. The minimum Gasteiger partial charge on any atom is -0.353 e. The number of benzene rings is 1. The van der Waals surface area contributed by atoms with Crippen molar-refractivity contribution in [2.45, 2.75) is 70.3 Å². The van der Waals surface area contributed by atoms with E-state index in [0.29, 0.717) is 24.6 Å². The second-order valence-electron chi connectivity index (χ2n) is 7.75. The maximum absolute atomic E-state index is 13.2. The molecule has 2 N–H and O–H groups in total. The van der Waals surface area contributed by atoms with Crippen molar-refractivity contribution in [3.8, 4) is 0 Å². The van der Waals surface area contributed by atoms with Gasteiger partial charge in [-0.2, -0.15) is 0 Å². The van der Waals surface area contributed by atoms with Crippen LogP contribution in [0.3, 0.4) is 0 Å². The van der Waals surface area contributed by atoms with Gasteiger partial charge in [-0.15, -0.1) is 0 Å². The first-order valence-electron chi connectivity index (χ1n) is 9.98. The van der Waals surface area contributed by atoms with Crippen molar-refractivity contribution in [3.63, 3.8) is 0 Å². The van der Waals surface area contributed by atoms with Crippen LogP contribution >= 0.6 is 0 Å². The Morgan fingerprint density at radius 3 is 2.08 bits per heavy atom. The SMILES string of the molecule is O=C(Nc1cccc(F)c1)C1CCC(C(=O)NC2CCCCCC2)CC1. The minimum atomic E-state index is -0.360. The topological polar surface area (TPSA) is 58.2 Å². The van der Waals surface area contributed by atoms with Gasteiger partial charge in [0, 0.05) is 23.6 Å². The van der Waals surface area contributed by atoms with Crippen molar-refractivity contribution in [2.75, 3.05) is 5.32 Å². The van der Waals surface area contributed by atoms with Crippen LogP contribution in [0, 0.1) is 17.7 Å². The van der Waals surface area contributed by atoms with Crippen LogP contribution in [0.5, 0.6) is 0 Å². The van der Waals surface area contributed by atoms with Crippen LogP contribution in [0.4, 0.5) is 10.1 Å². The van der Waals surface area contributed by atoms with E-state index in [2.05, 4.69) is 10.6 Å². The van der Waals surface area contributed by atoms with Gasteiger partial charge < -0.3 is 10.6 Å². The smallest absolute Gasteiger partial charge is 0.227 e. The summed E-state index contributed by atoms with van der Waals surface area (Å²) in [5.74, 6) is -0.336. The van der Waals surface area contributed by atoms with Crippen LogP contribution < -0.4 is 10.6 Å². The molecule has 0 unspecified atom stereocenters. The van der Waals surface area contributed by atoms with Crippen LogP contribution in [0.15, 0.2) is 24.3 Å². The summed E-state index contributed by atoms with van der Waals surface area (Å²) in [6, 6.07) is 6.28. The maximum Gasteiger partial charge on any atom is 0.227 e. The molecule has 0 atom stereocenters. The van der Waals surface area contributed by atoms with Gasteiger partial charge in [-0.05, 0) is 56.7 Å². The number of nitrogens with one attached hydrogen (secondary N) is 2. The number of hydrogen-bond acceptors (Lipinski definition) is 2. The Hall–Kier alpha value is -1.91. The Morgan fingerprint density at radius 2 is 1.46 bits per heavy atom. The second kappa shape index (κ2) is 9.15. The highest BCUT2D eigenvalue weighted by atomic mass is 19.1. The maximum atomic E-state index is 13.2. The van der Waals surface area contributed by atoms with Gasteiger partial charge in [0.05, 0.1) is 0 Å². The zero-order valence-electron chi connectivity index (χ0n) is 15.3. The average molecular weight is 360 g/mol. The fraction of sp³-hybridized carbons (Fsp3) is 0.619. The molecule has 0 spiro atoms. The van der Waals surface area contributed by atoms with Crippen molar-refractivity contribution >= 4 is 17.5 Å². The van der Waals surface area contributed by atoms with Crippen molar-refractivity contribution < 1.29 is 14.0 Å². The van der Waals surface area contributed by atoms with E-state index in [1.165, 1.54) is 37.8 Å². The van der Waals surface area contributed by atoms with Crippen LogP contribution in [-0.4, -0.2) is 17.9 Å². The molecular formula is C21H29FN2O2. The van der Waals surface area contributed by atoms with Gasteiger partial charge in [-0.1, -0.05) is 31.7 Å². The summed E-state index contributed by atoms with van der Waals surface area (Å²) in [6.45, 7) is 0. The van der Waals surface area contributed by atoms with Crippen LogP contribution in [0.2, 0.25) is 0 Å². The van der Waals surface area contributed by atoms with E-state index >= 15 is 0 Å². The van der Waals surface area contributed by atoms with E-state index in [4.69, 9.17) is 0 Å². The Labute approximate surface area is 154 Å². The highest BCUT2D eigenvalue weighted by molar-refractivity contribution is 5.92. The Kier molecular flexibility index (Phi) is 6.64. The fourth-order valence-corrected chi connectivity index (χ4v) is 4.17. The van der Waals surface area contributed by atoms with E-state index in [0.717, 1.165) is 25.7 Å². The monoisotopic (exact) mass is 360 g/mol. The number of hydrogen-bond donors (Lipinski definition) is 2. The van der Waals surface area contributed by atoms with E-state index in [1.807, 2.05) is 0 Å². The number of rotatable bonds is 4. The van der Waals surface area contributed by atoms with Gasteiger partial charge in [0.2, 0.25) is 11.8 Å². The quantitative estimate of drug-likeness (QED) is 0.782. The van der Waals surface area contributed by atoms with Gasteiger partial charge in [-0.3, -0.25) is 9.59 Å². The Morgan fingerprint density at radius 1 is 0.846 bits per heavy atom. The van der Waals surface area contributed by atoms with Gasteiger partial charge >= 0.3 is 0 Å². The van der Waals surface area contributed by atoms with E-state index < -0.39 is 0 Å². The average Bonchev–Trinajstić information content (AvgIpc) is 2.90. The fourth-order valence-electron chi connectivity index (χ4n) is 4.17. The van der Waals surface area contributed by atoms with Gasteiger partial charge in [-0.25, -0.2) is 4.39 Å². The molecule has 0 radical (unpaired) electrons. The molecule has 0 bridgehead atoms. The molecule has 142 valence electrons. The van der Waals surface area contributed by atoms with Crippen molar-refractivity contribution in [1.82, 2.24) is 5.32 Å². The highest BCUT2D eigenvalue weighted by Gasteiger charge is 2.30. The molecule has 2 fully saturated rings. The largest absolute Gasteiger partial charge is 0.353 e. The summed E-state index contributed by atoms with van der Waals surface area (Å²) in [6.07, 6.45) is 10.1. The Balaban J connectivity index is 1.44. The second-order valence-corrected chi connectivity index (χ2v) is 7.75. The molecule has 4 nitrogen and oxygen atoms in total. The van der Waals surface area contributed by atoms with Crippen LogP contribution in [0.25, 0.3) is 0 Å². The summed E-state index contributed by atoms with van der Waals surface area (Å²) in [5, 5.41) is 6.03. The lowest BCUT2D eigenvalue weighted by molar-refractivity contribution is -0.129. The van der Waals surface area contributed by atoms with Crippen molar-refractivity contribution in [2.24, 2.45) is 11.8 Å². The molecule has 0 aromatic heterocycles. The van der Waals surface area contributed by atoms with Crippen molar-refractivity contribution in [1.29, 1.82) is 0 Å². The van der Waals surface area contributed by atoms with Crippen molar-refractivity contribution in [3.05, 3.63) is 30.1 Å². The van der Waals surface area contributed by atoms with E-state index in [9.17, 15) is 14.0 Å². The number of carbonyl (C=O) groups is 2. The van der Waals surface area contributed by atoms with Crippen LogP contribution in [-0.2, 0) is 9.59 Å². The van der Waals surface area contributed by atoms with Gasteiger partial charge in [0.25, 0.3) is 0 Å². The highest BCUT2D eigenvalue weighted by Crippen LogP contribution is 2.30. The summed E-state index contributed by atoms with van der Waals surface area (Å²) >= 11 is 0. The molecule has 26 heavy (non-hydrogen) atoms. The first kappa shape index (κ1) is 18.9. The molecule has 2 saturated carbocycles. The first-order chi connectivity index (χ1) is 12.6. The normalized spacial score (nSPS) is 24.5. The third-order valence-corrected chi connectivity index (χ3v) is 5.76. The van der Waals surface area contributed by atoms with Crippen LogP contribution in [0.1, 0.15) is 64.2 Å². The molecule has 2 aliphatic rings. The number of amides is 2. The molecule has 5 heteroatoms. The molecule has 2 amide bonds. The zero-order chi connectivity index (χ0) is 18.4. The molecule has 0 saturated heterocycles. The first-order valence-corrected chi connectivity index (χ1v) is 9.98. The summed E-state index contributed by atoms with van der Waals surface area (Å²) in [5.41, 5.74) is 0.489.